The van der Waals surface area contributed by atoms with Gasteiger partial charge in [0.25, 0.3) is 0 Å². The van der Waals surface area contributed by atoms with Gasteiger partial charge in [0.15, 0.2) is 11.5 Å². The lowest BCUT2D eigenvalue weighted by atomic mass is 9.75. The second-order valence-corrected chi connectivity index (χ2v) is 14.8. The third kappa shape index (κ3) is 8.93. The van der Waals surface area contributed by atoms with Gasteiger partial charge in [-0.25, -0.2) is 14.6 Å². The van der Waals surface area contributed by atoms with Crippen LogP contribution in [0.5, 0.6) is 23.0 Å². The lowest BCUT2D eigenvalue weighted by Gasteiger charge is -2.42. The van der Waals surface area contributed by atoms with E-state index in [4.69, 9.17) is 33.4 Å². The number of aliphatic hydroxyl groups excluding tert-OH is 1. The first-order valence-electron chi connectivity index (χ1n) is 19.0. The Morgan fingerprint density at radius 3 is 2.42 bits per heavy atom. The molecular formula is C40H49N5O12. The summed E-state index contributed by atoms with van der Waals surface area (Å²) in [6.45, 7) is 8.49. The third-order valence-corrected chi connectivity index (χ3v) is 10.1. The van der Waals surface area contributed by atoms with Gasteiger partial charge in [0, 0.05) is 29.5 Å². The predicted octanol–water partition coefficient (Wildman–Crippen LogP) is 3.18. The van der Waals surface area contributed by atoms with E-state index in [1.807, 2.05) is 18.2 Å². The van der Waals surface area contributed by atoms with Crippen molar-refractivity contribution in [1.29, 1.82) is 0 Å². The van der Waals surface area contributed by atoms with Gasteiger partial charge < -0.3 is 54.4 Å². The van der Waals surface area contributed by atoms with Crippen molar-refractivity contribution in [2.24, 2.45) is 5.92 Å². The number of methoxy groups -OCH3 is 1. The molecule has 3 aliphatic rings. The van der Waals surface area contributed by atoms with Crippen LogP contribution in [0.25, 0.3) is 22.2 Å². The number of nitrogens with one attached hydrogen (secondary N) is 3. The largest absolute Gasteiger partial charge is 0.497 e. The predicted molar refractivity (Wildman–Crippen MR) is 203 cm³/mol. The Bertz CT molecular complexity index is 2020. The van der Waals surface area contributed by atoms with Gasteiger partial charge >= 0.3 is 12.1 Å². The SMILES string of the molecule is CCOC(=O)C(O)NC(=O)C1(NC(=O)[C@@H]2C[C@@H](Oc3cc(-c4ccc5c(c4)OCO5)nc4cc(OC)ccc34)CN2C(=O)[C@@H](NC(=O)OC(C)C)C(C)C)CCC1. The summed E-state index contributed by atoms with van der Waals surface area (Å²) in [5.74, 6) is -1.22. The molecule has 6 rings (SSSR count). The van der Waals surface area contributed by atoms with Crippen LogP contribution in [0.2, 0.25) is 0 Å². The van der Waals surface area contributed by atoms with Gasteiger partial charge in [-0.2, -0.15) is 0 Å². The number of aliphatic hydroxyl groups is 1. The van der Waals surface area contributed by atoms with Crippen LogP contribution in [0, 0.1) is 5.92 Å². The minimum absolute atomic E-state index is 0.00689. The van der Waals surface area contributed by atoms with E-state index in [0.29, 0.717) is 46.0 Å². The fraction of sp³-hybridized carbons (Fsp3) is 0.500. The summed E-state index contributed by atoms with van der Waals surface area (Å²) >= 11 is 0. The first-order valence-corrected chi connectivity index (χ1v) is 19.0. The Morgan fingerprint density at radius 1 is 1.00 bits per heavy atom. The van der Waals surface area contributed by atoms with Crippen molar-refractivity contribution in [3.8, 4) is 34.3 Å². The number of fused-ring (bicyclic) bond motifs is 2. The highest BCUT2D eigenvalue weighted by atomic mass is 16.7. The molecule has 0 spiro atoms. The van der Waals surface area contributed by atoms with Gasteiger partial charge in [-0.1, -0.05) is 13.8 Å². The molecule has 1 saturated carbocycles. The molecule has 306 valence electrons. The quantitative estimate of drug-likeness (QED) is 0.137. The lowest BCUT2D eigenvalue weighted by molar-refractivity contribution is -0.159. The van der Waals surface area contributed by atoms with Crippen LogP contribution in [0.15, 0.2) is 42.5 Å². The Hall–Kier alpha value is -5.84. The van der Waals surface area contributed by atoms with Crippen LogP contribution >= 0.6 is 0 Å². The van der Waals surface area contributed by atoms with Crippen LogP contribution < -0.4 is 34.9 Å². The number of ether oxygens (including phenoxy) is 6. The van der Waals surface area contributed by atoms with E-state index in [9.17, 15) is 29.1 Å². The smallest absolute Gasteiger partial charge is 0.408 e. The van der Waals surface area contributed by atoms with Gasteiger partial charge in [-0.05, 0) is 76.3 Å². The number of alkyl carbamates (subject to hydrolysis) is 1. The van der Waals surface area contributed by atoms with Crippen molar-refractivity contribution in [1.82, 2.24) is 25.8 Å². The first-order chi connectivity index (χ1) is 27.2. The number of hydrogen-bond donors (Lipinski definition) is 4. The number of benzene rings is 2. The van der Waals surface area contributed by atoms with Gasteiger partial charge in [0.1, 0.15) is 35.2 Å². The summed E-state index contributed by atoms with van der Waals surface area (Å²) in [7, 11) is 1.55. The van der Waals surface area contributed by atoms with E-state index < -0.39 is 71.8 Å². The van der Waals surface area contributed by atoms with Crippen molar-refractivity contribution >= 4 is 40.7 Å². The number of carbonyl (C=O) groups excluding carboxylic acids is 5. The molecule has 4 N–H and O–H groups in total. The second-order valence-electron chi connectivity index (χ2n) is 14.8. The Labute approximate surface area is 329 Å². The van der Waals surface area contributed by atoms with E-state index in [2.05, 4.69) is 16.0 Å². The highest BCUT2D eigenvalue weighted by molar-refractivity contribution is 5.98. The van der Waals surface area contributed by atoms with Crippen molar-refractivity contribution in [3.05, 3.63) is 42.5 Å². The molecule has 1 saturated heterocycles. The number of rotatable bonds is 14. The third-order valence-electron chi connectivity index (χ3n) is 10.1. The zero-order valence-corrected chi connectivity index (χ0v) is 32.8. The Kier molecular flexibility index (Phi) is 12.3. The van der Waals surface area contributed by atoms with E-state index in [1.165, 1.54) is 4.90 Å². The van der Waals surface area contributed by atoms with Crippen LogP contribution in [-0.4, -0.2) is 108 Å². The number of esters is 1. The maximum Gasteiger partial charge on any atom is 0.408 e. The number of aromatic nitrogens is 1. The maximum absolute atomic E-state index is 14.4. The number of hydrogen-bond acceptors (Lipinski definition) is 13. The average Bonchev–Trinajstić information content (AvgIpc) is 3.81. The summed E-state index contributed by atoms with van der Waals surface area (Å²) in [4.78, 5) is 73.2. The summed E-state index contributed by atoms with van der Waals surface area (Å²) in [6, 6.07) is 10.4. The van der Waals surface area contributed by atoms with E-state index in [-0.39, 0.29) is 39.2 Å². The zero-order valence-electron chi connectivity index (χ0n) is 32.8. The van der Waals surface area contributed by atoms with Crippen molar-refractivity contribution in [2.75, 3.05) is 27.1 Å². The summed E-state index contributed by atoms with van der Waals surface area (Å²) in [5, 5.41) is 18.6. The zero-order chi connectivity index (χ0) is 41.0. The molecule has 2 aliphatic heterocycles. The summed E-state index contributed by atoms with van der Waals surface area (Å²) < 4.78 is 33.3. The summed E-state index contributed by atoms with van der Waals surface area (Å²) in [6.07, 6.45) is -2.84. The molecule has 57 heavy (non-hydrogen) atoms. The Balaban J connectivity index is 1.32. The highest BCUT2D eigenvalue weighted by Gasteiger charge is 2.50. The molecule has 2 fully saturated rings. The number of nitrogens with zero attached hydrogens (tertiary/aromatic N) is 2. The fourth-order valence-electron chi connectivity index (χ4n) is 7.03. The summed E-state index contributed by atoms with van der Waals surface area (Å²) in [5.41, 5.74) is 0.399. The minimum Gasteiger partial charge on any atom is -0.497 e. The van der Waals surface area contributed by atoms with Crippen LogP contribution in [-0.2, 0) is 28.7 Å². The average molecular weight is 792 g/mol. The number of pyridine rings is 1. The van der Waals surface area contributed by atoms with Crippen LogP contribution in [0.3, 0.4) is 0 Å². The molecule has 1 aromatic heterocycles. The molecule has 4 amide bonds. The van der Waals surface area contributed by atoms with Gasteiger partial charge in [-0.15, -0.1) is 0 Å². The molecule has 17 nitrogen and oxygen atoms in total. The molecule has 1 unspecified atom stereocenters. The molecule has 17 heteroatoms. The van der Waals surface area contributed by atoms with Gasteiger partial charge in [0.2, 0.25) is 30.7 Å². The number of likely N-dealkylation sites (tertiary alicyclic amines) is 1. The standard InChI is InChI=1S/C40H49N5O12/c1-7-53-37(49)35(47)43-38(50)40(13-8-14-40)44-34(46)29-17-25(19-45(29)36(48)33(21(2)3)42-39(51)56-22(4)5)57-31-18-27(23-9-12-30-32(15-23)55-20-54-30)41-28-16-24(52-6)10-11-26(28)31/h9-12,15-16,18,21-22,25,29,33,35,47H,7-8,13-14,17,19-20H2,1-6H3,(H,42,51)(H,43,50)(H,44,46)/t25-,29+,33+,35?/m1/s1. The molecule has 4 atom stereocenters. The minimum atomic E-state index is -1.93. The molecule has 2 aromatic carbocycles. The lowest BCUT2D eigenvalue weighted by Crippen LogP contribution is -2.67. The topological polar surface area (TPSA) is 213 Å². The maximum atomic E-state index is 14.4. The van der Waals surface area contributed by atoms with Crippen LogP contribution in [0.4, 0.5) is 4.79 Å². The molecule has 0 bridgehead atoms. The van der Waals surface area contributed by atoms with E-state index >= 15 is 0 Å². The molecule has 3 heterocycles. The monoisotopic (exact) mass is 791 g/mol. The number of carbonyl (C=O) groups is 5. The normalized spacial score (nSPS) is 19.0. The number of amides is 4. The Morgan fingerprint density at radius 2 is 1.75 bits per heavy atom. The molecular weight excluding hydrogens is 742 g/mol. The van der Waals surface area contributed by atoms with Crippen molar-refractivity contribution in [2.45, 2.75) is 96.4 Å². The van der Waals surface area contributed by atoms with Crippen molar-refractivity contribution < 1.29 is 57.5 Å². The van der Waals surface area contributed by atoms with E-state index in [0.717, 1.165) is 5.56 Å². The van der Waals surface area contributed by atoms with Gasteiger partial charge in [0.05, 0.1) is 37.6 Å². The highest BCUT2D eigenvalue weighted by Crippen LogP contribution is 2.39. The molecule has 0 radical (unpaired) electrons. The van der Waals surface area contributed by atoms with Crippen molar-refractivity contribution in [3.63, 3.8) is 0 Å². The van der Waals surface area contributed by atoms with E-state index in [1.54, 1.807) is 66.0 Å². The molecule has 3 aromatic rings. The van der Waals surface area contributed by atoms with Gasteiger partial charge in [-0.3, -0.25) is 14.4 Å². The molecule has 1 aliphatic carbocycles. The fourth-order valence-corrected chi connectivity index (χ4v) is 7.03. The second kappa shape index (κ2) is 17.1. The first kappa shape index (κ1) is 40.8. The van der Waals surface area contributed by atoms with Crippen LogP contribution in [0.1, 0.15) is 60.3 Å².